The van der Waals surface area contributed by atoms with Crippen LogP contribution in [0.15, 0.2) is 66.4 Å². The summed E-state index contributed by atoms with van der Waals surface area (Å²) in [6.07, 6.45) is 10.5. The number of hydrogen-bond acceptors (Lipinski definition) is 6. The lowest BCUT2D eigenvalue weighted by Crippen LogP contribution is -2.51. The number of morpholine rings is 1. The first-order chi connectivity index (χ1) is 20.3. The summed E-state index contributed by atoms with van der Waals surface area (Å²) in [4.78, 5) is 9.42. The molecule has 9 heteroatoms. The highest BCUT2D eigenvalue weighted by atomic mass is 35.5. The fraction of sp³-hybridized carbons (Fsp3) is 0.545. The Kier molecular flexibility index (Phi) is 16.0. The van der Waals surface area contributed by atoms with Crippen LogP contribution in [0.3, 0.4) is 0 Å². The number of dihydropyridines is 1. The van der Waals surface area contributed by atoms with Crippen LogP contribution in [-0.2, 0) is 4.74 Å². The van der Waals surface area contributed by atoms with Gasteiger partial charge in [0.2, 0.25) is 0 Å². The van der Waals surface area contributed by atoms with E-state index in [2.05, 4.69) is 59.2 Å². The largest absolute Gasteiger partial charge is 0.378 e. The van der Waals surface area contributed by atoms with Gasteiger partial charge in [0.25, 0.3) is 0 Å². The summed E-state index contributed by atoms with van der Waals surface area (Å²) < 4.78 is 19.7. The van der Waals surface area contributed by atoms with Gasteiger partial charge in [-0.05, 0) is 54.0 Å². The molecule has 2 saturated heterocycles. The number of piperidine rings is 1. The maximum absolute atomic E-state index is 14.1. The van der Waals surface area contributed by atoms with Crippen molar-refractivity contribution in [1.29, 1.82) is 0 Å². The first-order valence-corrected chi connectivity index (χ1v) is 15.8. The van der Waals surface area contributed by atoms with E-state index in [0.29, 0.717) is 29.1 Å². The maximum atomic E-state index is 14.1. The van der Waals surface area contributed by atoms with Crippen LogP contribution < -0.4 is 11.1 Å². The van der Waals surface area contributed by atoms with Gasteiger partial charge in [0.1, 0.15) is 12.0 Å². The third-order valence-corrected chi connectivity index (χ3v) is 8.64. The smallest absolute Gasteiger partial charge is 0.142 e. The number of allylic oxidation sites excluding steroid dienone is 3. The molecular formula is C33H50Cl2FN5O. The second-order valence-corrected chi connectivity index (χ2v) is 11.4. The number of benzene rings is 1. The summed E-state index contributed by atoms with van der Waals surface area (Å²) in [5, 5.41) is 4.09. The van der Waals surface area contributed by atoms with E-state index < -0.39 is 5.82 Å². The molecule has 3 aliphatic heterocycles. The van der Waals surface area contributed by atoms with Crippen LogP contribution in [0.1, 0.15) is 51.5 Å². The molecule has 0 aromatic heterocycles. The minimum absolute atomic E-state index is 0.0466. The molecule has 1 aromatic carbocycles. The van der Waals surface area contributed by atoms with Gasteiger partial charge in [0.15, 0.2) is 0 Å². The zero-order chi connectivity index (χ0) is 31.2. The molecule has 0 radical (unpaired) electrons. The van der Waals surface area contributed by atoms with Gasteiger partial charge in [-0.2, -0.15) is 0 Å². The predicted octanol–water partition coefficient (Wildman–Crippen LogP) is 6.82. The second kappa shape index (κ2) is 18.6. The molecule has 0 aliphatic carbocycles. The molecule has 3 N–H and O–H groups in total. The molecule has 1 aromatic rings. The van der Waals surface area contributed by atoms with Crippen LogP contribution in [-0.4, -0.2) is 80.7 Å². The number of nitrogens with zero attached hydrogens (tertiary/aromatic N) is 3. The average molecular weight is 623 g/mol. The summed E-state index contributed by atoms with van der Waals surface area (Å²) in [7, 11) is 2.14. The van der Waals surface area contributed by atoms with Crippen molar-refractivity contribution in [3.63, 3.8) is 0 Å². The highest BCUT2D eigenvalue weighted by molar-refractivity contribution is 6.36. The van der Waals surface area contributed by atoms with Gasteiger partial charge in [0, 0.05) is 68.7 Å². The lowest BCUT2D eigenvalue weighted by atomic mass is 9.85. The van der Waals surface area contributed by atoms with Crippen LogP contribution in [0.2, 0.25) is 10.0 Å². The number of aliphatic imine (C=N–C) groups is 1. The van der Waals surface area contributed by atoms with Gasteiger partial charge in [-0.25, -0.2) is 4.39 Å². The number of halogens is 3. The van der Waals surface area contributed by atoms with E-state index in [1.165, 1.54) is 6.07 Å². The third kappa shape index (κ3) is 10.0. The number of likely N-dealkylation sites (tertiary alicyclic amines) is 1. The summed E-state index contributed by atoms with van der Waals surface area (Å²) in [5.41, 5.74) is 8.97. The molecule has 4 atom stereocenters. The van der Waals surface area contributed by atoms with Crippen molar-refractivity contribution in [1.82, 2.24) is 15.1 Å². The number of hydrogen-bond donors (Lipinski definition) is 2. The summed E-state index contributed by atoms with van der Waals surface area (Å²) in [5.74, 6) is -0.604. The highest BCUT2D eigenvalue weighted by Crippen LogP contribution is 2.38. The topological polar surface area (TPSA) is 66.1 Å². The lowest BCUT2D eigenvalue weighted by Gasteiger charge is -2.38. The van der Waals surface area contributed by atoms with Crippen molar-refractivity contribution in [2.24, 2.45) is 16.6 Å². The summed E-state index contributed by atoms with van der Waals surface area (Å²) >= 11 is 12.6. The first-order valence-electron chi connectivity index (χ1n) is 15.0. The fourth-order valence-corrected chi connectivity index (χ4v) is 6.42. The molecule has 3 aliphatic rings. The molecule has 3 unspecified atom stereocenters. The standard InChI is InChI=1S/C29H40Cl2FN5O.C2H6.C2H4/c1-4-20(16-36(3)24-7-10-37(11-8-24)17-23-18-38-12-9-34-23)22-14-21(29(33)35-15-22)13-19(2)27-25(30)5-6-26(32)28(27)31;2*1-2/h4-6,14-16,19,21,23-24,29,34H,1,7-13,17-18,33H2,2-3H3;1-2H3;1-2H2/b20-16+;;/t19?,21?,23-,29?;;/m1../s1. The third-order valence-electron chi connectivity index (χ3n) is 7.92. The van der Waals surface area contributed by atoms with Crippen molar-refractivity contribution >= 4 is 29.4 Å². The van der Waals surface area contributed by atoms with E-state index in [1.54, 1.807) is 6.07 Å². The Balaban J connectivity index is 0.00000148. The SMILES string of the molecule is C=C.C=C/C(=C\N(C)C1CCN(C[C@@H]2COCCN2)CC1)C1=CC(CC(C)c2c(Cl)ccc(F)c2Cl)C(N)N=C1.CC. The molecule has 4 rings (SSSR count). The maximum Gasteiger partial charge on any atom is 0.142 e. The van der Waals surface area contributed by atoms with Crippen LogP contribution >= 0.6 is 23.2 Å². The quantitative estimate of drug-likeness (QED) is 0.180. The number of ether oxygens (including phenoxy) is 1. The van der Waals surface area contributed by atoms with Crippen molar-refractivity contribution in [3.8, 4) is 0 Å². The van der Waals surface area contributed by atoms with Crippen molar-refractivity contribution in [2.75, 3.05) is 46.4 Å². The van der Waals surface area contributed by atoms with Gasteiger partial charge >= 0.3 is 0 Å². The Morgan fingerprint density at radius 3 is 2.60 bits per heavy atom. The molecule has 234 valence electrons. The Morgan fingerprint density at radius 1 is 1.29 bits per heavy atom. The second-order valence-electron chi connectivity index (χ2n) is 10.7. The molecule has 3 heterocycles. The van der Waals surface area contributed by atoms with Crippen molar-refractivity contribution in [2.45, 2.75) is 64.2 Å². The average Bonchev–Trinajstić information content (AvgIpc) is 3.02. The van der Waals surface area contributed by atoms with E-state index in [1.807, 2.05) is 33.1 Å². The number of nitrogens with two attached hydrogens (primary N) is 1. The highest BCUT2D eigenvalue weighted by Gasteiger charge is 2.27. The molecule has 0 amide bonds. The Morgan fingerprint density at radius 2 is 1.98 bits per heavy atom. The van der Waals surface area contributed by atoms with Gasteiger partial charge in [-0.3, -0.25) is 4.99 Å². The molecule has 0 saturated carbocycles. The summed E-state index contributed by atoms with van der Waals surface area (Å²) in [6.45, 7) is 21.8. The van der Waals surface area contributed by atoms with Gasteiger partial charge in [-0.1, -0.05) is 62.7 Å². The van der Waals surface area contributed by atoms with E-state index >= 15 is 0 Å². The van der Waals surface area contributed by atoms with Crippen molar-refractivity contribution in [3.05, 3.63) is 82.8 Å². The zero-order valence-electron chi connectivity index (χ0n) is 25.8. The Labute approximate surface area is 263 Å². The first kappa shape index (κ1) is 36.2. The normalized spacial score (nSPS) is 24.0. The van der Waals surface area contributed by atoms with Crippen LogP contribution in [0.4, 0.5) is 4.39 Å². The van der Waals surface area contributed by atoms with Crippen LogP contribution in [0, 0.1) is 11.7 Å². The van der Waals surface area contributed by atoms with E-state index in [9.17, 15) is 4.39 Å². The minimum Gasteiger partial charge on any atom is -0.378 e. The Bertz CT molecular complexity index is 1080. The number of rotatable bonds is 9. The zero-order valence-corrected chi connectivity index (χ0v) is 27.3. The van der Waals surface area contributed by atoms with E-state index in [4.69, 9.17) is 33.7 Å². The van der Waals surface area contributed by atoms with Gasteiger partial charge in [-0.15, -0.1) is 13.2 Å². The molecule has 2 fully saturated rings. The molecular weight excluding hydrogens is 572 g/mol. The monoisotopic (exact) mass is 621 g/mol. The fourth-order valence-electron chi connectivity index (χ4n) is 5.68. The lowest BCUT2D eigenvalue weighted by molar-refractivity contribution is 0.0539. The molecule has 42 heavy (non-hydrogen) atoms. The van der Waals surface area contributed by atoms with Crippen LogP contribution in [0.5, 0.6) is 0 Å². The minimum atomic E-state index is -0.467. The Hall–Kier alpha value is -2.00. The molecule has 0 spiro atoms. The molecule has 0 bridgehead atoms. The van der Waals surface area contributed by atoms with E-state index in [0.717, 1.165) is 63.4 Å². The van der Waals surface area contributed by atoms with Gasteiger partial charge < -0.3 is 25.6 Å². The van der Waals surface area contributed by atoms with Crippen LogP contribution in [0.25, 0.3) is 0 Å². The number of nitrogens with one attached hydrogen (secondary N) is 1. The summed E-state index contributed by atoms with van der Waals surface area (Å²) in [6, 6.07) is 3.74. The van der Waals surface area contributed by atoms with Crippen molar-refractivity contribution < 1.29 is 9.13 Å². The van der Waals surface area contributed by atoms with Gasteiger partial charge in [0.05, 0.1) is 18.2 Å². The van der Waals surface area contributed by atoms with E-state index in [-0.39, 0.29) is 23.0 Å². The molecule has 6 nitrogen and oxygen atoms in total. The predicted molar refractivity (Wildman–Crippen MR) is 178 cm³/mol.